The van der Waals surface area contributed by atoms with E-state index in [0.29, 0.717) is 12.1 Å². The van der Waals surface area contributed by atoms with Crippen LogP contribution >= 0.6 is 11.3 Å². The fourth-order valence-electron chi connectivity index (χ4n) is 2.19. The summed E-state index contributed by atoms with van der Waals surface area (Å²) in [6, 6.07) is 0.415. The maximum Gasteiger partial charge on any atom is 0.0954 e. The molecule has 96 valence electrons. The summed E-state index contributed by atoms with van der Waals surface area (Å²) >= 11 is 1.82. The molecular weight excluding hydrogens is 232 g/mol. The number of nitrogens with zero attached hydrogens (tertiary/aromatic N) is 1. The van der Waals surface area contributed by atoms with Gasteiger partial charge >= 0.3 is 0 Å². The van der Waals surface area contributed by atoms with Gasteiger partial charge in [0.1, 0.15) is 0 Å². The van der Waals surface area contributed by atoms with Gasteiger partial charge in [0.25, 0.3) is 0 Å². The maximum atomic E-state index is 5.75. The third-order valence-electron chi connectivity index (χ3n) is 3.18. The smallest absolute Gasteiger partial charge is 0.0954 e. The second-order valence-electron chi connectivity index (χ2n) is 4.63. The zero-order valence-corrected chi connectivity index (χ0v) is 11.6. The average molecular weight is 254 g/mol. The summed E-state index contributed by atoms with van der Waals surface area (Å²) in [6.45, 7) is 6.25. The SMILES string of the molecule is CCNC(C)c1cnc(CC2CCCCO2)s1. The van der Waals surface area contributed by atoms with Gasteiger partial charge in [-0.3, -0.25) is 0 Å². The number of hydrogen-bond acceptors (Lipinski definition) is 4. The molecule has 1 fully saturated rings. The Balaban J connectivity index is 1.88. The van der Waals surface area contributed by atoms with Gasteiger partial charge in [0, 0.05) is 30.1 Å². The van der Waals surface area contributed by atoms with Crippen molar-refractivity contribution in [2.75, 3.05) is 13.2 Å². The molecule has 0 aromatic carbocycles. The van der Waals surface area contributed by atoms with E-state index in [4.69, 9.17) is 4.74 Å². The van der Waals surface area contributed by atoms with Crippen LogP contribution < -0.4 is 5.32 Å². The van der Waals surface area contributed by atoms with Crippen LogP contribution in [0, 0.1) is 0 Å². The highest BCUT2D eigenvalue weighted by Gasteiger charge is 2.17. The van der Waals surface area contributed by atoms with E-state index in [1.807, 2.05) is 17.5 Å². The Morgan fingerprint density at radius 3 is 3.18 bits per heavy atom. The van der Waals surface area contributed by atoms with Crippen molar-refractivity contribution in [3.05, 3.63) is 16.1 Å². The van der Waals surface area contributed by atoms with Gasteiger partial charge in [0.2, 0.25) is 0 Å². The Kier molecular flexibility index (Phi) is 4.95. The molecule has 0 bridgehead atoms. The molecule has 2 unspecified atom stereocenters. The van der Waals surface area contributed by atoms with Crippen LogP contribution in [-0.2, 0) is 11.2 Å². The summed E-state index contributed by atoms with van der Waals surface area (Å²) in [5.41, 5.74) is 0. The van der Waals surface area contributed by atoms with Gasteiger partial charge in [0.15, 0.2) is 0 Å². The maximum absolute atomic E-state index is 5.75. The van der Waals surface area contributed by atoms with Crippen LogP contribution in [0.3, 0.4) is 0 Å². The Hall–Kier alpha value is -0.450. The van der Waals surface area contributed by atoms with Gasteiger partial charge in [0.05, 0.1) is 11.1 Å². The summed E-state index contributed by atoms with van der Waals surface area (Å²) in [5, 5.41) is 4.64. The van der Waals surface area contributed by atoms with Crippen molar-refractivity contribution in [2.45, 2.75) is 51.7 Å². The van der Waals surface area contributed by atoms with Gasteiger partial charge in [-0.1, -0.05) is 6.92 Å². The Labute approximate surface area is 108 Å². The second kappa shape index (κ2) is 6.47. The first kappa shape index (κ1) is 13.0. The number of aromatic nitrogens is 1. The van der Waals surface area contributed by atoms with Gasteiger partial charge in [-0.15, -0.1) is 11.3 Å². The minimum Gasteiger partial charge on any atom is -0.378 e. The molecule has 3 nitrogen and oxygen atoms in total. The number of thiazole rings is 1. The Morgan fingerprint density at radius 1 is 1.59 bits per heavy atom. The molecule has 1 aliphatic rings. The highest BCUT2D eigenvalue weighted by atomic mass is 32.1. The number of nitrogens with one attached hydrogen (secondary N) is 1. The minimum atomic E-state index is 0.400. The van der Waals surface area contributed by atoms with Crippen LogP contribution in [0.2, 0.25) is 0 Å². The lowest BCUT2D eigenvalue weighted by atomic mass is 10.1. The molecule has 1 aliphatic heterocycles. The van der Waals surface area contributed by atoms with E-state index in [-0.39, 0.29) is 0 Å². The second-order valence-corrected chi connectivity index (χ2v) is 5.78. The van der Waals surface area contributed by atoms with E-state index in [2.05, 4.69) is 24.1 Å². The standard InChI is InChI=1S/C13H22N2OS/c1-3-14-10(2)12-9-15-13(17-12)8-11-6-4-5-7-16-11/h9-11,14H,3-8H2,1-2H3. The minimum absolute atomic E-state index is 0.400. The lowest BCUT2D eigenvalue weighted by Gasteiger charge is -2.21. The van der Waals surface area contributed by atoms with Gasteiger partial charge < -0.3 is 10.1 Å². The molecule has 2 atom stereocenters. The summed E-state index contributed by atoms with van der Waals surface area (Å²) in [4.78, 5) is 5.84. The molecule has 2 rings (SSSR count). The molecule has 0 aliphatic carbocycles. The first-order valence-corrected chi connectivity index (χ1v) is 7.41. The van der Waals surface area contributed by atoms with E-state index < -0.39 is 0 Å². The third kappa shape index (κ3) is 3.76. The van der Waals surface area contributed by atoms with Gasteiger partial charge in [-0.25, -0.2) is 4.98 Å². The van der Waals surface area contributed by atoms with Crippen molar-refractivity contribution in [2.24, 2.45) is 0 Å². The molecule has 2 heterocycles. The van der Waals surface area contributed by atoms with E-state index in [1.165, 1.54) is 29.1 Å². The fourth-order valence-corrected chi connectivity index (χ4v) is 3.20. The van der Waals surface area contributed by atoms with Crippen LogP contribution in [0.15, 0.2) is 6.20 Å². The molecule has 4 heteroatoms. The van der Waals surface area contributed by atoms with Crippen molar-refractivity contribution in [1.82, 2.24) is 10.3 Å². The Bertz CT molecular complexity index is 334. The van der Waals surface area contributed by atoms with Crippen LogP contribution in [0.25, 0.3) is 0 Å². The van der Waals surface area contributed by atoms with Crippen LogP contribution in [-0.4, -0.2) is 24.2 Å². The molecule has 1 saturated heterocycles. The van der Waals surface area contributed by atoms with Crippen molar-refractivity contribution < 1.29 is 4.74 Å². The zero-order valence-electron chi connectivity index (χ0n) is 10.7. The molecule has 0 spiro atoms. The first-order valence-electron chi connectivity index (χ1n) is 6.59. The third-order valence-corrected chi connectivity index (χ3v) is 4.39. The summed E-state index contributed by atoms with van der Waals surface area (Å²) in [6.07, 6.45) is 7.11. The molecule has 1 N–H and O–H groups in total. The topological polar surface area (TPSA) is 34.2 Å². The predicted octanol–water partition coefficient (Wildman–Crippen LogP) is 2.93. The van der Waals surface area contributed by atoms with Crippen molar-refractivity contribution >= 4 is 11.3 Å². The van der Waals surface area contributed by atoms with Gasteiger partial charge in [-0.05, 0) is 32.7 Å². The molecule has 1 aromatic heterocycles. The molecule has 0 saturated carbocycles. The van der Waals surface area contributed by atoms with Crippen LogP contribution in [0.4, 0.5) is 0 Å². The van der Waals surface area contributed by atoms with E-state index in [1.54, 1.807) is 0 Å². The van der Waals surface area contributed by atoms with Crippen LogP contribution in [0.5, 0.6) is 0 Å². The molecule has 0 amide bonds. The zero-order chi connectivity index (χ0) is 12.1. The number of hydrogen-bond donors (Lipinski definition) is 1. The molecule has 17 heavy (non-hydrogen) atoms. The van der Waals surface area contributed by atoms with E-state index in [0.717, 1.165) is 19.6 Å². The lowest BCUT2D eigenvalue weighted by Crippen LogP contribution is -2.21. The average Bonchev–Trinajstić information content (AvgIpc) is 2.79. The van der Waals surface area contributed by atoms with Crippen molar-refractivity contribution in [3.8, 4) is 0 Å². The molecule has 1 aromatic rings. The summed E-state index contributed by atoms with van der Waals surface area (Å²) in [7, 11) is 0. The van der Waals surface area contributed by atoms with E-state index in [9.17, 15) is 0 Å². The van der Waals surface area contributed by atoms with Crippen molar-refractivity contribution in [1.29, 1.82) is 0 Å². The quantitative estimate of drug-likeness (QED) is 0.877. The summed E-state index contributed by atoms with van der Waals surface area (Å²) < 4.78 is 5.75. The highest BCUT2D eigenvalue weighted by molar-refractivity contribution is 7.11. The Morgan fingerprint density at radius 2 is 2.47 bits per heavy atom. The predicted molar refractivity (Wildman–Crippen MR) is 71.5 cm³/mol. The fraction of sp³-hybridized carbons (Fsp3) is 0.769. The summed E-state index contributed by atoms with van der Waals surface area (Å²) in [5.74, 6) is 0. The number of ether oxygens (including phenoxy) is 1. The molecular formula is C13H22N2OS. The number of rotatable bonds is 5. The highest BCUT2D eigenvalue weighted by Crippen LogP contribution is 2.24. The van der Waals surface area contributed by atoms with Crippen LogP contribution in [0.1, 0.15) is 49.0 Å². The molecule has 0 radical (unpaired) electrons. The van der Waals surface area contributed by atoms with Gasteiger partial charge in [-0.2, -0.15) is 0 Å². The largest absolute Gasteiger partial charge is 0.378 e. The first-order chi connectivity index (χ1) is 8.29. The normalized spacial score (nSPS) is 22.6. The lowest BCUT2D eigenvalue weighted by molar-refractivity contribution is 0.0168. The van der Waals surface area contributed by atoms with E-state index >= 15 is 0 Å². The monoisotopic (exact) mass is 254 g/mol. The van der Waals surface area contributed by atoms with Crippen molar-refractivity contribution in [3.63, 3.8) is 0 Å².